The zero-order valence-electron chi connectivity index (χ0n) is 12.0. The van der Waals surface area contributed by atoms with Crippen molar-refractivity contribution in [3.05, 3.63) is 60.7 Å². The Bertz CT molecular complexity index is 485. The van der Waals surface area contributed by atoms with E-state index in [9.17, 15) is 0 Å². The second-order valence-corrected chi connectivity index (χ2v) is 10.7. The molecule has 4 heteroatoms. The average molecular weight is 391 g/mol. The summed E-state index contributed by atoms with van der Waals surface area (Å²) >= 11 is -2.79. The summed E-state index contributed by atoms with van der Waals surface area (Å²) in [4.78, 5) is 0. The van der Waals surface area contributed by atoms with Gasteiger partial charge in [0.25, 0.3) is 0 Å². The Labute approximate surface area is 133 Å². The first kappa shape index (κ1) is 14.7. The van der Waals surface area contributed by atoms with Crippen molar-refractivity contribution in [2.45, 2.75) is 23.4 Å². The monoisotopic (exact) mass is 392 g/mol. The van der Waals surface area contributed by atoms with Crippen LogP contribution in [0, 0.1) is 0 Å². The van der Waals surface area contributed by atoms with E-state index in [0.717, 1.165) is 30.9 Å². The topological polar surface area (TPSA) is 27.7 Å². The Morgan fingerprint density at radius 3 is 1.86 bits per heavy atom. The van der Waals surface area contributed by atoms with Crippen molar-refractivity contribution in [1.29, 1.82) is 0 Å². The molecule has 0 bridgehead atoms. The molecule has 1 aliphatic rings. The van der Waals surface area contributed by atoms with Gasteiger partial charge in [0.1, 0.15) is 0 Å². The molecule has 0 amide bonds. The van der Waals surface area contributed by atoms with Gasteiger partial charge < -0.3 is 0 Å². The number of rotatable bonds is 5. The van der Waals surface area contributed by atoms with Crippen molar-refractivity contribution in [1.82, 2.24) is 0 Å². The van der Waals surface area contributed by atoms with E-state index in [4.69, 9.17) is 10.9 Å². The Hall–Kier alpha value is -1.20. The minimum atomic E-state index is -2.79. The molecule has 2 aromatic rings. The normalized spacial score (nSPS) is 18.4. The summed E-state index contributed by atoms with van der Waals surface area (Å²) in [6, 6.07) is 19.9. The predicted molar refractivity (Wildman–Crippen MR) is 84.9 cm³/mol. The Kier molecular flexibility index (Phi) is 5.40. The molecule has 0 saturated carbocycles. The summed E-state index contributed by atoms with van der Waals surface area (Å²) in [5.41, 5.74) is 0. The second-order valence-electron chi connectivity index (χ2n) is 5.14. The van der Waals surface area contributed by atoms with Crippen LogP contribution < -0.4 is 6.15 Å². The van der Waals surface area contributed by atoms with E-state index in [1.165, 1.54) is 6.42 Å². The van der Waals surface area contributed by atoms with E-state index in [1.54, 1.807) is 0 Å². The van der Waals surface area contributed by atoms with Crippen molar-refractivity contribution in [2.24, 2.45) is 0 Å². The van der Waals surface area contributed by atoms with E-state index >= 15 is 0 Å². The van der Waals surface area contributed by atoms with Gasteiger partial charge in [-0.25, -0.2) is 0 Å². The van der Waals surface area contributed by atoms with Gasteiger partial charge in [-0.3, -0.25) is 0 Å². The van der Waals surface area contributed by atoms with E-state index in [1.807, 2.05) is 60.7 Å². The van der Waals surface area contributed by atoms with Gasteiger partial charge in [0.2, 0.25) is 0 Å². The summed E-state index contributed by atoms with van der Waals surface area (Å²) in [6.07, 6.45) is 3.40. The molecule has 1 aliphatic heterocycles. The predicted octanol–water partition coefficient (Wildman–Crippen LogP) is 3.47. The molecular weight excluding hydrogens is 371 g/mol. The molecule has 0 aliphatic carbocycles. The summed E-state index contributed by atoms with van der Waals surface area (Å²) in [7, 11) is 0. The zero-order valence-corrected chi connectivity index (χ0v) is 15.3. The minimum absolute atomic E-state index is 0.181. The number of ether oxygens (including phenoxy) is 1. The van der Waals surface area contributed by atoms with E-state index in [2.05, 4.69) is 0 Å². The van der Waals surface area contributed by atoms with Crippen molar-refractivity contribution in [3.63, 3.8) is 0 Å². The van der Waals surface area contributed by atoms with Crippen molar-refractivity contribution in [3.8, 4) is 11.5 Å². The standard InChI is InChI=1S/2C6H6O.C5H9O.Sn.H/c2*7-6-4-2-1-3-5-6;1-2-4-6-5-3-1;;/h2*1-5,7H;4H,1-3,5H2;;/q;;;+2;/p-2. The van der Waals surface area contributed by atoms with Gasteiger partial charge in [-0.2, -0.15) is 0 Å². The molecule has 1 atom stereocenters. The van der Waals surface area contributed by atoms with Crippen LogP contribution in [0.15, 0.2) is 60.7 Å². The summed E-state index contributed by atoms with van der Waals surface area (Å²) in [6.45, 7) is 0.828. The van der Waals surface area contributed by atoms with Gasteiger partial charge in [0.15, 0.2) is 0 Å². The molecule has 0 spiro atoms. The quantitative estimate of drug-likeness (QED) is 0.731. The van der Waals surface area contributed by atoms with Crippen LogP contribution in [0.25, 0.3) is 0 Å². The third-order valence-electron chi connectivity index (χ3n) is 3.51. The van der Waals surface area contributed by atoms with Gasteiger partial charge in [-0.15, -0.1) is 0 Å². The molecule has 1 heterocycles. The Balaban J connectivity index is 1.73. The number of hydrogen-bond donors (Lipinski definition) is 0. The molecule has 1 fully saturated rings. The van der Waals surface area contributed by atoms with Crippen LogP contribution in [0.5, 0.6) is 11.5 Å². The fraction of sp³-hybridized carbons (Fsp3) is 0.294. The summed E-state index contributed by atoms with van der Waals surface area (Å²) in [5, 5.41) is 0. The summed E-state index contributed by atoms with van der Waals surface area (Å²) in [5.74, 6) is 1.78. The fourth-order valence-corrected chi connectivity index (χ4v) is 8.14. The van der Waals surface area contributed by atoms with E-state index < -0.39 is 20.6 Å². The number of benzene rings is 2. The number of hydrogen-bond acceptors (Lipinski definition) is 3. The van der Waals surface area contributed by atoms with Crippen LogP contribution in [0.4, 0.5) is 0 Å². The SMILES string of the molecule is c1ccc([O][SnH]([O]c2ccccc2)[CH]2CCCCO2)cc1. The van der Waals surface area contributed by atoms with Crippen molar-refractivity contribution < 1.29 is 10.9 Å². The van der Waals surface area contributed by atoms with Crippen LogP contribution in [0.2, 0.25) is 0 Å². The number of para-hydroxylation sites is 2. The maximum atomic E-state index is 6.22. The first-order chi connectivity index (χ1) is 10.4. The van der Waals surface area contributed by atoms with Crippen LogP contribution in [-0.4, -0.2) is 31.3 Å². The zero-order chi connectivity index (χ0) is 14.3. The first-order valence-electron chi connectivity index (χ1n) is 7.47. The molecule has 1 unspecified atom stereocenters. The molecule has 3 nitrogen and oxygen atoms in total. The van der Waals surface area contributed by atoms with Gasteiger partial charge in [0, 0.05) is 0 Å². The molecule has 0 aromatic heterocycles. The molecule has 1 saturated heterocycles. The van der Waals surface area contributed by atoms with Crippen LogP contribution in [-0.2, 0) is 4.74 Å². The molecule has 0 radical (unpaired) electrons. The van der Waals surface area contributed by atoms with Crippen molar-refractivity contribution in [2.75, 3.05) is 6.61 Å². The van der Waals surface area contributed by atoms with E-state index in [0.29, 0.717) is 0 Å². The van der Waals surface area contributed by atoms with Crippen LogP contribution in [0.1, 0.15) is 19.3 Å². The van der Waals surface area contributed by atoms with Gasteiger partial charge >= 0.3 is 134 Å². The average Bonchev–Trinajstić information content (AvgIpc) is 2.57. The molecule has 2 aromatic carbocycles. The van der Waals surface area contributed by atoms with Crippen LogP contribution in [0.3, 0.4) is 0 Å². The van der Waals surface area contributed by atoms with Gasteiger partial charge in [0.05, 0.1) is 0 Å². The first-order valence-corrected chi connectivity index (χ1v) is 12.1. The van der Waals surface area contributed by atoms with E-state index in [-0.39, 0.29) is 4.12 Å². The Morgan fingerprint density at radius 1 is 0.810 bits per heavy atom. The second kappa shape index (κ2) is 7.71. The maximum absolute atomic E-state index is 6.22. The van der Waals surface area contributed by atoms with Crippen LogP contribution >= 0.6 is 0 Å². The third-order valence-corrected chi connectivity index (χ3v) is 9.62. The Morgan fingerprint density at radius 2 is 1.38 bits per heavy atom. The van der Waals surface area contributed by atoms with Crippen molar-refractivity contribution >= 4 is 20.6 Å². The molecular formula is C17H20O3Sn. The molecule has 110 valence electrons. The molecule has 21 heavy (non-hydrogen) atoms. The molecule has 0 N–H and O–H groups in total. The van der Waals surface area contributed by atoms with Gasteiger partial charge in [-0.05, 0) is 0 Å². The fourth-order valence-electron chi connectivity index (χ4n) is 2.42. The summed E-state index contributed by atoms with van der Waals surface area (Å²) < 4.78 is 18.6. The molecule has 3 rings (SSSR count). The van der Waals surface area contributed by atoms with Gasteiger partial charge in [-0.1, -0.05) is 0 Å². The third kappa shape index (κ3) is 4.38.